The van der Waals surface area contributed by atoms with Crippen LogP contribution in [0.15, 0.2) is 29.2 Å². The molecule has 0 spiro atoms. The molecule has 0 radical (unpaired) electrons. The summed E-state index contributed by atoms with van der Waals surface area (Å²) < 4.78 is 33.1. The first-order valence-electron chi connectivity index (χ1n) is 11.4. The Morgan fingerprint density at radius 3 is 2.55 bits per heavy atom. The van der Waals surface area contributed by atoms with Crippen LogP contribution in [0.2, 0.25) is 0 Å². The van der Waals surface area contributed by atoms with Crippen molar-refractivity contribution in [1.29, 1.82) is 0 Å². The molecule has 3 aliphatic rings. The maximum absolute atomic E-state index is 13.6. The Morgan fingerprint density at radius 2 is 1.81 bits per heavy atom. The van der Waals surface area contributed by atoms with Crippen molar-refractivity contribution >= 4 is 21.9 Å². The quantitative estimate of drug-likeness (QED) is 0.661. The number of sulfonamides is 1. The van der Waals surface area contributed by atoms with Crippen molar-refractivity contribution in [3.05, 3.63) is 29.8 Å². The van der Waals surface area contributed by atoms with E-state index in [1.807, 2.05) is 6.92 Å². The minimum Gasteiger partial charge on any atom is -0.467 e. The third-order valence-corrected chi connectivity index (χ3v) is 9.23. The van der Waals surface area contributed by atoms with Gasteiger partial charge in [0.25, 0.3) is 5.91 Å². The molecule has 2 heterocycles. The fourth-order valence-corrected chi connectivity index (χ4v) is 7.35. The zero-order valence-electron chi connectivity index (χ0n) is 18.3. The van der Waals surface area contributed by atoms with E-state index in [1.165, 1.54) is 13.2 Å². The summed E-state index contributed by atoms with van der Waals surface area (Å²) in [6.45, 7) is 2.43. The van der Waals surface area contributed by atoms with E-state index in [4.69, 9.17) is 4.74 Å². The van der Waals surface area contributed by atoms with Crippen LogP contribution in [0.4, 0.5) is 0 Å². The second-order valence-corrected chi connectivity index (χ2v) is 11.0. The summed E-state index contributed by atoms with van der Waals surface area (Å²) in [7, 11) is -2.33. The van der Waals surface area contributed by atoms with Crippen LogP contribution < -0.4 is 0 Å². The molecule has 4 atom stereocenters. The van der Waals surface area contributed by atoms with Crippen molar-refractivity contribution in [2.45, 2.75) is 81.3 Å². The number of amides is 1. The molecule has 3 fully saturated rings. The average Bonchev–Trinajstić information content (AvgIpc) is 3.18. The van der Waals surface area contributed by atoms with E-state index in [9.17, 15) is 18.0 Å². The van der Waals surface area contributed by atoms with Crippen LogP contribution in [-0.4, -0.2) is 61.3 Å². The number of hydrogen-bond donors (Lipinski definition) is 0. The SMILES string of the molecule is COC(=O)C1CC2CCCCC2N1C(=O)c1cccc(S(=O)(=O)N2CCCCC2C)c1. The van der Waals surface area contributed by atoms with Gasteiger partial charge < -0.3 is 9.64 Å². The molecule has 4 rings (SSSR count). The van der Waals surface area contributed by atoms with Crippen molar-refractivity contribution in [3.8, 4) is 0 Å². The highest BCUT2D eigenvalue weighted by Gasteiger charge is 2.48. The third kappa shape index (κ3) is 4.12. The molecule has 1 saturated carbocycles. The van der Waals surface area contributed by atoms with Crippen LogP contribution in [0.5, 0.6) is 0 Å². The molecular formula is C23H32N2O5S. The molecule has 8 heteroatoms. The highest BCUT2D eigenvalue weighted by molar-refractivity contribution is 7.89. The van der Waals surface area contributed by atoms with Crippen LogP contribution in [0, 0.1) is 5.92 Å². The lowest BCUT2D eigenvalue weighted by Crippen LogP contribution is -2.46. The zero-order chi connectivity index (χ0) is 22.2. The van der Waals surface area contributed by atoms with Crippen LogP contribution in [0.1, 0.15) is 68.6 Å². The Balaban J connectivity index is 1.65. The van der Waals surface area contributed by atoms with Gasteiger partial charge in [-0.25, -0.2) is 13.2 Å². The van der Waals surface area contributed by atoms with Crippen LogP contribution in [0.25, 0.3) is 0 Å². The molecule has 2 saturated heterocycles. The monoisotopic (exact) mass is 448 g/mol. The largest absolute Gasteiger partial charge is 0.467 e. The second-order valence-electron chi connectivity index (χ2n) is 9.09. The number of rotatable bonds is 4. The summed E-state index contributed by atoms with van der Waals surface area (Å²) in [6.07, 6.45) is 7.34. The van der Waals surface area contributed by atoms with Crippen molar-refractivity contribution in [2.75, 3.05) is 13.7 Å². The van der Waals surface area contributed by atoms with E-state index in [0.29, 0.717) is 24.4 Å². The lowest BCUT2D eigenvalue weighted by Gasteiger charge is -2.34. The maximum Gasteiger partial charge on any atom is 0.328 e. The van der Waals surface area contributed by atoms with E-state index < -0.39 is 22.0 Å². The van der Waals surface area contributed by atoms with Crippen LogP contribution >= 0.6 is 0 Å². The van der Waals surface area contributed by atoms with Gasteiger partial charge in [-0.05, 0) is 63.1 Å². The fourth-order valence-electron chi connectivity index (χ4n) is 5.60. The fraction of sp³-hybridized carbons (Fsp3) is 0.652. The Labute approximate surface area is 184 Å². The maximum atomic E-state index is 13.6. The highest BCUT2D eigenvalue weighted by Crippen LogP contribution is 2.41. The van der Waals surface area contributed by atoms with Gasteiger partial charge in [0.1, 0.15) is 6.04 Å². The van der Waals surface area contributed by atoms with Gasteiger partial charge in [-0.2, -0.15) is 4.31 Å². The molecule has 0 N–H and O–H groups in total. The minimum atomic E-state index is -3.68. The number of piperidine rings is 1. The van der Waals surface area contributed by atoms with E-state index >= 15 is 0 Å². The van der Waals surface area contributed by atoms with Crippen molar-refractivity contribution in [3.63, 3.8) is 0 Å². The summed E-state index contributed by atoms with van der Waals surface area (Å²) in [6, 6.07) is 5.65. The number of ether oxygens (including phenoxy) is 1. The van der Waals surface area contributed by atoms with E-state index in [-0.39, 0.29) is 22.9 Å². The number of hydrogen-bond acceptors (Lipinski definition) is 5. The zero-order valence-corrected chi connectivity index (χ0v) is 19.1. The lowest BCUT2D eigenvalue weighted by atomic mass is 9.84. The van der Waals surface area contributed by atoms with Gasteiger partial charge in [0.15, 0.2) is 0 Å². The van der Waals surface area contributed by atoms with Crippen LogP contribution in [-0.2, 0) is 19.6 Å². The topological polar surface area (TPSA) is 84.0 Å². The number of benzene rings is 1. The number of fused-ring (bicyclic) bond motifs is 1. The van der Waals surface area contributed by atoms with Gasteiger partial charge >= 0.3 is 5.97 Å². The van der Waals surface area contributed by atoms with Crippen LogP contribution in [0.3, 0.4) is 0 Å². The molecule has 2 aliphatic heterocycles. The smallest absolute Gasteiger partial charge is 0.328 e. The first kappa shape index (κ1) is 22.3. The summed E-state index contributed by atoms with van der Waals surface area (Å²) >= 11 is 0. The molecule has 1 aliphatic carbocycles. The molecule has 1 aromatic carbocycles. The van der Waals surface area contributed by atoms with Gasteiger partial charge in [-0.15, -0.1) is 0 Å². The molecule has 0 aromatic heterocycles. The molecule has 1 aromatic rings. The van der Waals surface area contributed by atoms with E-state index in [0.717, 1.165) is 44.9 Å². The molecule has 31 heavy (non-hydrogen) atoms. The first-order chi connectivity index (χ1) is 14.8. The van der Waals surface area contributed by atoms with Gasteiger partial charge in [-0.1, -0.05) is 25.3 Å². The second kappa shape index (κ2) is 8.90. The molecule has 1 amide bonds. The Morgan fingerprint density at radius 1 is 1.06 bits per heavy atom. The van der Waals surface area contributed by atoms with Gasteiger partial charge in [0.05, 0.1) is 12.0 Å². The Hall–Kier alpha value is -1.93. The average molecular weight is 449 g/mol. The summed E-state index contributed by atoms with van der Waals surface area (Å²) in [5.41, 5.74) is 0.311. The minimum absolute atomic E-state index is 0.00716. The number of carbonyl (C=O) groups excluding carboxylic acids is 2. The van der Waals surface area contributed by atoms with Gasteiger partial charge in [0.2, 0.25) is 10.0 Å². The molecule has 4 unspecified atom stereocenters. The third-order valence-electron chi connectivity index (χ3n) is 7.23. The number of carbonyl (C=O) groups is 2. The molecule has 170 valence electrons. The number of esters is 1. The first-order valence-corrected chi connectivity index (χ1v) is 12.8. The molecular weight excluding hydrogens is 416 g/mol. The number of methoxy groups -OCH3 is 1. The van der Waals surface area contributed by atoms with Crippen molar-refractivity contribution < 1.29 is 22.7 Å². The van der Waals surface area contributed by atoms with E-state index in [1.54, 1.807) is 27.4 Å². The van der Waals surface area contributed by atoms with Crippen molar-refractivity contribution in [1.82, 2.24) is 9.21 Å². The highest BCUT2D eigenvalue weighted by atomic mass is 32.2. The Bertz CT molecular complexity index is 947. The summed E-state index contributed by atoms with van der Waals surface area (Å²) in [5, 5.41) is 0. The Kier molecular flexibility index (Phi) is 6.40. The van der Waals surface area contributed by atoms with E-state index in [2.05, 4.69) is 0 Å². The number of nitrogens with zero attached hydrogens (tertiary/aromatic N) is 2. The normalized spacial score (nSPS) is 29.4. The summed E-state index contributed by atoms with van der Waals surface area (Å²) in [4.78, 5) is 27.8. The standard InChI is InChI=1S/C23H32N2O5S/c1-16-8-5-6-13-24(16)31(28,29)19-11-7-10-18(14-19)22(26)25-20-12-4-3-9-17(20)15-21(25)23(27)30-2/h7,10-11,14,16-17,20-21H,3-6,8-9,12-13,15H2,1-2H3. The number of likely N-dealkylation sites (tertiary alicyclic amines) is 1. The summed E-state index contributed by atoms with van der Waals surface area (Å²) in [5.74, 6) is -0.384. The predicted molar refractivity (Wildman–Crippen MR) is 116 cm³/mol. The van der Waals surface area contributed by atoms with Gasteiger partial charge in [-0.3, -0.25) is 4.79 Å². The predicted octanol–water partition coefficient (Wildman–Crippen LogP) is 3.20. The molecule has 7 nitrogen and oxygen atoms in total. The molecule has 0 bridgehead atoms. The lowest BCUT2D eigenvalue weighted by molar-refractivity contribution is -0.145. The van der Waals surface area contributed by atoms with Gasteiger partial charge in [0, 0.05) is 24.2 Å². The van der Waals surface area contributed by atoms with Crippen molar-refractivity contribution in [2.24, 2.45) is 5.92 Å².